The summed E-state index contributed by atoms with van der Waals surface area (Å²) in [5.74, 6) is 0.818. The van der Waals surface area contributed by atoms with Crippen molar-refractivity contribution in [2.45, 2.75) is 56.8 Å². The van der Waals surface area contributed by atoms with Crippen molar-refractivity contribution in [3.8, 4) is 11.1 Å². The van der Waals surface area contributed by atoms with Crippen molar-refractivity contribution in [1.29, 1.82) is 0 Å². The normalized spacial score (nSPS) is 15.3. The van der Waals surface area contributed by atoms with Gasteiger partial charge in [0.1, 0.15) is 0 Å². The van der Waals surface area contributed by atoms with Crippen molar-refractivity contribution < 1.29 is 0 Å². The first-order chi connectivity index (χ1) is 41.9. The fraction of sp³-hybridized carbons (Fsp3) is 0.111. The molecule has 85 heavy (non-hydrogen) atoms. The maximum absolute atomic E-state index is 2.57. The highest BCUT2D eigenvalue weighted by Gasteiger charge is 2.48. The van der Waals surface area contributed by atoms with Crippen LogP contribution >= 0.6 is 0 Å². The number of anilines is 12. The van der Waals surface area contributed by atoms with E-state index in [0.29, 0.717) is 0 Å². The van der Waals surface area contributed by atoms with Gasteiger partial charge in [0.05, 0.1) is 5.41 Å². The van der Waals surface area contributed by atoms with Crippen LogP contribution in [0.3, 0.4) is 0 Å². The van der Waals surface area contributed by atoms with Gasteiger partial charge in [0, 0.05) is 91.9 Å². The molecule has 5 aliphatic rings. The molecule has 0 bridgehead atoms. The molecule has 12 aromatic rings. The fourth-order valence-electron chi connectivity index (χ4n) is 15.9. The molecule has 0 fully saturated rings. The topological polar surface area (TPSA) is 13.0 Å². The Morgan fingerprint density at radius 1 is 0.224 bits per heavy atom. The Morgan fingerprint density at radius 2 is 0.412 bits per heavy atom. The Hall–Kier alpha value is -10.2. The zero-order chi connectivity index (χ0) is 56.7. The predicted octanol–water partition coefficient (Wildman–Crippen LogP) is 21.8. The van der Waals surface area contributed by atoms with Crippen LogP contribution in [0.5, 0.6) is 0 Å². The van der Waals surface area contributed by atoms with E-state index in [9.17, 15) is 0 Å². The third-order valence-electron chi connectivity index (χ3n) is 19.8. The molecular weight excluding hydrogens is 1030 g/mol. The van der Waals surface area contributed by atoms with E-state index >= 15 is 0 Å². The van der Waals surface area contributed by atoms with Crippen molar-refractivity contribution in [1.82, 2.24) is 0 Å². The Balaban J connectivity index is 1.03. The summed E-state index contributed by atoms with van der Waals surface area (Å²) in [5, 5.41) is 0. The van der Waals surface area contributed by atoms with Crippen LogP contribution in [0.15, 0.2) is 279 Å². The smallest absolute Gasteiger partial charge is 0.0716 e. The van der Waals surface area contributed by atoms with E-state index in [0.717, 1.165) is 22.7 Å². The lowest BCUT2D eigenvalue weighted by Gasteiger charge is -2.42. The van der Waals surface area contributed by atoms with Crippen LogP contribution in [0.4, 0.5) is 68.2 Å². The largest absolute Gasteiger partial charge is 0.310 e. The van der Waals surface area contributed by atoms with Gasteiger partial charge in [0.2, 0.25) is 0 Å². The van der Waals surface area contributed by atoms with Crippen LogP contribution in [-0.2, 0) is 5.41 Å². The number of fused-ring (bicyclic) bond motifs is 11. The second-order valence-corrected chi connectivity index (χ2v) is 24.0. The SMILES string of the molecule is CC1c2ccccc2N(c2cc(N3c4ccccc4C(C)c4ccccc43)cc(C3(c4cc(N5c6ccccc6C(C)c6ccccc65)cc(N5c6ccccc6C(C)c6ccccc65)c4)c4ccccc4-c4ccccc43)c2)c2ccccc21. The average Bonchev–Trinajstić information content (AvgIpc) is 1.79. The summed E-state index contributed by atoms with van der Waals surface area (Å²) >= 11 is 0. The van der Waals surface area contributed by atoms with Gasteiger partial charge >= 0.3 is 0 Å². The first-order valence-corrected chi connectivity index (χ1v) is 30.3. The zero-order valence-electron chi connectivity index (χ0n) is 48.2. The summed E-state index contributed by atoms with van der Waals surface area (Å²) in [6.45, 7) is 9.46. The molecule has 4 heteroatoms. The second kappa shape index (κ2) is 18.9. The number of para-hydroxylation sites is 8. The summed E-state index contributed by atoms with van der Waals surface area (Å²) in [7, 11) is 0. The Labute approximate surface area is 498 Å². The first-order valence-electron chi connectivity index (χ1n) is 30.3. The molecule has 0 saturated carbocycles. The minimum atomic E-state index is -0.878. The van der Waals surface area contributed by atoms with Gasteiger partial charge in [-0.2, -0.15) is 0 Å². The van der Waals surface area contributed by atoms with E-state index in [1.54, 1.807) is 0 Å². The highest BCUT2D eigenvalue weighted by Crippen LogP contribution is 2.62. The number of rotatable bonds is 6. The molecule has 12 aromatic carbocycles. The van der Waals surface area contributed by atoms with Crippen LogP contribution < -0.4 is 19.6 Å². The van der Waals surface area contributed by atoms with Gasteiger partial charge in [-0.25, -0.2) is 0 Å². The average molecular weight is 1090 g/mol. The van der Waals surface area contributed by atoms with Crippen molar-refractivity contribution >= 4 is 68.2 Å². The van der Waals surface area contributed by atoms with Gasteiger partial charge in [-0.3, -0.25) is 0 Å². The van der Waals surface area contributed by atoms with Gasteiger partial charge in [0.15, 0.2) is 0 Å². The third-order valence-corrected chi connectivity index (χ3v) is 19.8. The second-order valence-electron chi connectivity index (χ2n) is 24.0. The molecule has 0 unspecified atom stereocenters. The number of hydrogen-bond acceptors (Lipinski definition) is 4. The molecule has 0 saturated heterocycles. The van der Waals surface area contributed by atoms with Crippen molar-refractivity contribution in [3.63, 3.8) is 0 Å². The molecule has 0 aromatic heterocycles. The predicted molar refractivity (Wildman–Crippen MR) is 353 cm³/mol. The quantitative estimate of drug-likeness (QED) is 0.164. The van der Waals surface area contributed by atoms with Gasteiger partial charge in [-0.05, 0) is 163 Å². The fourth-order valence-corrected chi connectivity index (χ4v) is 15.9. The number of nitrogens with zero attached hydrogens (tertiary/aromatic N) is 4. The summed E-state index contributed by atoms with van der Waals surface area (Å²) in [6.07, 6.45) is 0. The minimum Gasteiger partial charge on any atom is -0.310 e. The van der Waals surface area contributed by atoms with Crippen molar-refractivity contribution in [2.24, 2.45) is 0 Å². The molecule has 1 aliphatic carbocycles. The molecule has 0 N–H and O–H groups in total. The summed E-state index contributed by atoms with van der Waals surface area (Å²) in [6, 6.07) is 106. The van der Waals surface area contributed by atoms with Crippen LogP contribution in [0.2, 0.25) is 0 Å². The molecule has 4 aliphatic heterocycles. The van der Waals surface area contributed by atoms with Crippen LogP contribution in [0, 0.1) is 0 Å². The van der Waals surface area contributed by atoms with Crippen molar-refractivity contribution in [3.05, 3.63) is 346 Å². The molecule has 17 rings (SSSR count). The van der Waals surface area contributed by atoms with Gasteiger partial charge in [-0.1, -0.05) is 222 Å². The third kappa shape index (κ3) is 7.09. The Kier molecular flexibility index (Phi) is 11.0. The molecule has 0 atom stereocenters. The lowest BCUT2D eigenvalue weighted by Crippen LogP contribution is -2.31. The molecule has 406 valence electrons. The lowest BCUT2D eigenvalue weighted by molar-refractivity contribution is 0.767. The molecule has 0 radical (unpaired) electrons. The first kappa shape index (κ1) is 49.4. The lowest BCUT2D eigenvalue weighted by atomic mass is 9.67. The van der Waals surface area contributed by atoms with Gasteiger partial charge < -0.3 is 19.6 Å². The van der Waals surface area contributed by atoms with Crippen LogP contribution in [-0.4, -0.2) is 0 Å². The van der Waals surface area contributed by atoms with Crippen molar-refractivity contribution in [2.75, 3.05) is 19.6 Å². The summed E-state index contributed by atoms with van der Waals surface area (Å²) in [4.78, 5) is 10.3. The molecular formula is C81H62N4. The molecule has 0 spiro atoms. The molecule has 4 nitrogen and oxygen atoms in total. The highest BCUT2D eigenvalue weighted by molar-refractivity contribution is 5.96. The van der Waals surface area contributed by atoms with E-state index in [1.807, 2.05) is 0 Å². The maximum atomic E-state index is 2.57. The zero-order valence-corrected chi connectivity index (χ0v) is 48.2. The molecule has 0 amide bonds. The van der Waals surface area contributed by atoms with E-state index in [-0.39, 0.29) is 23.7 Å². The van der Waals surface area contributed by atoms with Crippen LogP contribution in [0.1, 0.15) is 118 Å². The Bertz CT molecular complexity index is 3980. The monoisotopic (exact) mass is 1090 g/mol. The summed E-state index contributed by atoms with van der Waals surface area (Å²) in [5.41, 5.74) is 31.0. The number of benzene rings is 12. The molecule has 4 heterocycles. The standard InChI is InChI=1S/C81H62N4/c1-51-61-25-7-17-37-73(61)82(74-38-18-8-26-62(51)74)57-45-55(46-58(49-57)83-75-39-19-9-27-63(75)52(2)64-28-10-20-40-76(64)83)81(71-35-15-5-33-69(71)70-34-6-16-36-72(70)81)56-47-59(84-77-41-21-11-29-65(77)53(3)66-30-12-22-42-78(66)84)50-60(48-56)85-79-43-23-13-31-67(79)54(4)68-32-14-24-44-80(68)85/h5-54H,1-4H3. The van der Waals surface area contributed by atoms with Gasteiger partial charge in [-0.15, -0.1) is 0 Å². The minimum absolute atomic E-state index is 0.204. The van der Waals surface area contributed by atoms with Gasteiger partial charge in [0.25, 0.3) is 0 Å². The highest BCUT2D eigenvalue weighted by atomic mass is 15.2. The Morgan fingerprint density at radius 3 is 0.635 bits per heavy atom. The van der Waals surface area contributed by atoms with E-state index in [1.165, 1.54) is 123 Å². The number of hydrogen-bond donors (Lipinski definition) is 0. The van der Waals surface area contributed by atoms with E-state index in [4.69, 9.17) is 0 Å². The maximum Gasteiger partial charge on any atom is 0.0716 e. The van der Waals surface area contributed by atoms with E-state index < -0.39 is 5.41 Å². The van der Waals surface area contributed by atoms with Crippen LogP contribution in [0.25, 0.3) is 11.1 Å². The summed E-state index contributed by atoms with van der Waals surface area (Å²) < 4.78 is 0. The van der Waals surface area contributed by atoms with E-state index in [2.05, 4.69) is 326 Å².